The van der Waals surface area contributed by atoms with Crippen LogP contribution in [0.4, 0.5) is 10.6 Å². The maximum absolute atomic E-state index is 13.0. The highest BCUT2D eigenvalue weighted by atomic mass is 16.2. The molecule has 1 aliphatic carbocycles. The minimum Gasteiger partial charge on any atom is -0.351 e. The lowest BCUT2D eigenvalue weighted by Gasteiger charge is -2.43. The molecule has 4 rings (SSSR count). The third kappa shape index (κ3) is 1.88. The molecule has 1 atom stereocenters. The van der Waals surface area contributed by atoms with E-state index in [1.165, 1.54) is 4.90 Å². The predicted molar refractivity (Wildman–Crippen MR) is 83.8 cm³/mol. The van der Waals surface area contributed by atoms with Gasteiger partial charge >= 0.3 is 6.03 Å². The Morgan fingerprint density at radius 2 is 2.04 bits per heavy atom. The second kappa shape index (κ2) is 4.66. The van der Waals surface area contributed by atoms with Gasteiger partial charge in [-0.1, -0.05) is 13.8 Å². The molecule has 0 radical (unpaired) electrons. The summed E-state index contributed by atoms with van der Waals surface area (Å²) in [6, 6.07) is 3.39. The van der Waals surface area contributed by atoms with Crippen molar-refractivity contribution in [2.75, 3.05) is 18.0 Å². The molecule has 1 aromatic heterocycles. The number of carbonyl (C=O) groups is 2. The van der Waals surface area contributed by atoms with Crippen LogP contribution in [-0.2, 0) is 4.79 Å². The number of urea groups is 1. The van der Waals surface area contributed by atoms with Gasteiger partial charge in [-0.2, -0.15) is 5.10 Å². The fraction of sp³-hybridized carbons (Fsp3) is 0.625. The molecule has 0 aromatic carbocycles. The molecule has 1 spiro atoms. The van der Waals surface area contributed by atoms with Gasteiger partial charge in [-0.3, -0.25) is 9.69 Å². The van der Waals surface area contributed by atoms with E-state index in [1.54, 1.807) is 6.20 Å². The molecule has 122 valence electrons. The summed E-state index contributed by atoms with van der Waals surface area (Å²) >= 11 is 0. The van der Waals surface area contributed by atoms with Crippen molar-refractivity contribution in [3.05, 3.63) is 18.3 Å². The molecule has 3 amide bonds. The number of hydrogen-bond donors (Lipinski definition) is 1. The van der Waals surface area contributed by atoms with Crippen molar-refractivity contribution in [3.63, 3.8) is 0 Å². The second-order valence-corrected chi connectivity index (χ2v) is 7.39. The number of aromatic nitrogens is 2. The minimum absolute atomic E-state index is 0.0474. The van der Waals surface area contributed by atoms with E-state index in [0.29, 0.717) is 13.1 Å². The van der Waals surface area contributed by atoms with E-state index in [4.69, 9.17) is 0 Å². The maximum atomic E-state index is 13.0. The van der Waals surface area contributed by atoms with Crippen molar-refractivity contribution in [1.82, 2.24) is 20.4 Å². The van der Waals surface area contributed by atoms with Crippen molar-refractivity contribution in [2.24, 2.45) is 5.41 Å². The van der Waals surface area contributed by atoms with Gasteiger partial charge < -0.3 is 10.2 Å². The third-order valence-electron chi connectivity index (χ3n) is 5.74. The van der Waals surface area contributed by atoms with Gasteiger partial charge in [0.2, 0.25) is 0 Å². The molecule has 7 heteroatoms. The summed E-state index contributed by atoms with van der Waals surface area (Å²) in [5.41, 5.74) is -0.903. The van der Waals surface area contributed by atoms with Crippen molar-refractivity contribution in [2.45, 2.75) is 44.7 Å². The first-order chi connectivity index (χ1) is 10.9. The summed E-state index contributed by atoms with van der Waals surface area (Å²) in [4.78, 5) is 29.0. The quantitative estimate of drug-likeness (QED) is 0.829. The molecule has 3 fully saturated rings. The van der Waals surface area contributed by atoms with Crippen molar-refractivity contribution in [3.8, 4) is 0 Å². The Hall–Kier alpha value is -2.18. The summed E-state index contributed by atoms with van der Waals surface area (Å²) in [5.74, 6) is 0.737. The SMILES string of the molecule is CC1(C)CCCC12NC(=O)N(C1CN(c3cccnn3)C1)C2=O. The fourth-order valence-corrected chi connectivity index (χ4v) is 4.17. The van der Waals surface area contributed by atoms with E-state index in [2.05, 4.69) is 29.4 Å². The fourth-order valence-electron chi connectivity index (χ4n) is 4.17. The number of carbonyl (C=O) groups excluding carboxylic acids is 2. The van der Waals surface area contributed by atoms with Crippen LogP contribution in [-0.4, -0.2) is 51.7 Å². The Labute approximate surface area is 135 Å². The van der Waals surface area contributed by atoms with Gasteiger partial charge in [0.1, 0.15) is 5.54 Å². The Kier molecular flexibility index (Phi) is 2.92. The molecule has 3 aliphatic rings. The molecule has 1 unspecified atom stereocenters. The van der Waals surface area contributed by atoms with Gasteiger partial charge in [0, 0.05) is 19.3 Å². The van der Waals surface area contributed by atoms with E-state index in [9.17, 15) is 9.59 Å². The number of nitrogens with zero attached hydrogens (tertiary/aromatic N) is 4. The number of rotatable bonds is 2. The van der Waals surface area contributed by atoms with Crippen molar-refractivity contribution < 1.29 is 9.59 Å². The zero-order valence-corrected chi connectivity index (χ0v) is 13.5. The number of hydrogen-bond acceptors (Lipinski definition) is 5. The lowest BCUT2D eigenvalue weighted by Crippen LogP contribution is -2.62. The Bertz CT molecular complexity index is 656. The normalized spacial score (nSPS) is 30.0. The first-order valence-corrected chi connectivity index (χ1v) is 8.13. The lowest BCUT2D eigenvalue weighted by atomic mass is 9.74. The number of imide groups is 1. The average Bonchev–Trinajstić information content (AvgIpc) is 2.90. The summed E-state index contributed by atoms with van der Waals surface area (Å²) in [7, 11) is 0. The van der Waals surface area contributed by atoms with Crippen LogP contribution in [0.2, 0.25) is 0 Å². The first kappa shape index (κ1) is 14.4. The van der Waals surface area contributed by atoms with Crippen LogP contribution in [0.1, 0.15) is 33.1 Å². The van der Waals surface area contributed by atoms with Crippen molar-refractivity contribution >= 4 is 17.8 Å². The molecular formula is C16H21N5O2. The van der Waals surface area contributed by atoms with Crippen LogP contribution in [0.3, 0.4) is 0 Å². The molecule has 3 heterocycles. The standard InChI is InChI=1S/C16H21N5O2/c1-15(2)6-4-7-16(15)13(22)21(14(23)18-16)11-9-20(10-11)12-5-3-8-17-19-12/h3,5,8,11H,4,6-7,9-10H2,1-2H3,(H,18,23). The van der Waals surface area contributed by atoms with Gasteiger partial charge in [-0.25, -0.2) is 4.79 Å². The topological polar surface area (TPSA) is 78.4 Å². The smallest absolute Gasteiger partial charge is 0.325 e. The van der Waals surface area contributed by atoms with Crippen LogP contribution < -0.4 is 10.2 Å². The molecule has 23 heavy (non-hydrogen) atoms. The molecule has 2 aliphatic heterocycles. The molecule has 1 aromatic rings. The third-order valence-corrected chi connectivity index (χ3v) is 5.74. The van der Waals surface area contributed by atoms with E-state index in [-0.39, 0.29) is 23.4 Å². The van der Waals surface area contributed by atoms with Crippen molar-refractivity contribution in [1.29, 1.82) is 0 Å². The van der Waals surface area contributed by atoms with Gasteiger partial charge in [-0.05, 0) is 36.8 Å². The van der Waals surface area contributed by atoms with E-state index >= 15 is 0 Å². The van der Waals surface area contributed by atoms with Crippen LogP contribution >= 0.6 is 0 Å². The van der Waals surface area contributed by atoms with Crippen LogP contribution in [0, 0.1) is 5.41 Å². The Balaban J connectivity index is 1.51. The summed E-state index contributed by atoms with van der Waals surface area (Å²) in [6.45, 7) is 5.39. The maximum Gasteiger partial charge on any atom is 0.325 e. The highest BCUT2D eigenvalue weighted by molar-refractivity contribution is 6.08. The largest absolute Gasteiger partial charge is 0.351 e. The number of anilines is 1. The lowest BCUT2D eigenvalue weighted by molar-refractivity contribution is -0.136. The molecule has 0 bridgehead atoms. The monoisotopic (exact) mass is 315 g/mol. The number of nitrogens with one attached hydrogen (secondary N) is 1. The van der Waals surface area contributed by atoms with E-state index in [1.807, 2.05) is 17.0 Å². The summed E-state index contributed by atoms with van der Waals surface area (Å²) in [5, 5.41) is 10.9. The van der Waals surface area contributed by atoms with Gasteiger partial charge in [0.15, 0.2) is 5.82 Å². The van der Waals surface area contributed by atoms with Gasteiger partial charge in [0.05, 0.1) is 6.04 Å². The predicted octanol–water partition coefficient (Wildman–Crippen LogP) is 1.17. The molecule has 1 saturated carbocycles. The van der Waals surface area contributed by atoms with E-state index in [0.717, 1.165) is 25.1 Å². The molecule has 1 N–H and O–H groups in total. The zero-order chi connectivity index (χ0) is 16.2. The van der Waals surface area contributed by atoms with E-state index < -0.39 is 5.54 Å². The van der Waals surface area contributed by atoms with Crippen LogP contribution in [0.25, 0.3) is 0 Å². The minimum atomic E-state index is -0.711. The van der Waals surface area contributed by atoms with Crippen LogP contribution in [0.5, 0.6) is 0 Å². The van der Waals surface area contributed by atoms with Gasteiger partial charge in [0.25, 0.3) is 5.91 Å². The highest BCUT2D eigenvalue weighted by Gasteiger charge is 2.63. The van der Waals surface area contributed by atoms with Gasteiger partial charge in [-0.15, -0.1) is 5.10 Å². The Morgan fingerprint density at radius 3 is 2.65 bits per heavy atom. The summed E-state index contributed by atoms with van der Waals surface area (Å²) in [6.07, 6.45) is 4.30. The van der Waals surface area contributed by atoms with Crippen LogP contribution in [0.15, 0.2) is 18.3 Å². The number of amides is 3. The highest BCUT2D eigenvalue weighted by Crippen LogP contribution is 2.49. The Morgan fingerprint density at radius 1 is 1.26 bits per heavy atom. The molecule has 2 saturated heterocycles. The average molecular weight is 315 g/mol. The first-order valence-electron chi connectivity index (χ1n) is 8.13. The molecule has 7 nitrogen and oxygen atoms in total. The zero-order valence-electron chi connectivity index (χ0n) is 13.5. The summed E-state index contributed by atoms with van der Waals surface area (Å²) < 4.78 is 0. The molecular weight excluding hydrogens is 294 g/mol. The second-order valence-electron chi connectivity index (χ2n) is 7.39.